The monoisotopic (exact) mass is 458 g/mol. The quantitative estimate of drug-likeness (QED) is 0.395. The Morgan fingerprint density at radius 2 is 1.67 bits per heavy atom. The Balaban J connectivity index is 1.71. The van der Waals surface area contributed by atoms with Crippen molar-refractivity contribution in [2.75, 3.05) is 4.90 Å². The molecule has 5 nitrogen and oxygen atoms in total. The van der Waals surface area contributed by atoms with Crippen molar-refractivity contribution in [2.45, 2.75) is 25.9 Å². The second-order valence-electron chi connectivity index (χ2n) is 8.10. The van der Waals surface area contributed by atoms with Crippen LogP contribution in [0, 0.1) is 19.7 Å². The summed E-state index contributed by atoms with van der Waals surface area (Å²) in [5.41, 5.74) is 4.71. The molecule has 2 aromatic carbocycles. The van der Waals surface area contributed by atoms with Crippen molar-refractivity contribution in [3.05, 3.63) is 107 Å². The van der Waals surface area contributed by atoms with E-state index in [4.69, 9.17) is 12.2 Å². The van der Waals surface area contributed by atoms with E-state index in [0.717, 1.165) is 22.6 Å². The smallest absolute Gasteiger partial charge is 0.174 e. The van der Waals surface area contributed by atoms with Gasteiger partial charge in [-0.15, -0.1) is 0 Å². The number of hydrogen-bond acceptors (Lipinski definition) is 3. The average molecular weight is 459 g/mol. The van der Waals surface area contributed by atoms with Gasteiger partial charge in [0.2, 0.25) is 0 Å². The highest BCUT2D eigenvalue weighted by atomic mass is 32.1. The molecular weight excluding hydrogens is 435 g/mol. The van der Waals surface area contributed by atoms with Gasteiger partial charge in [0.25, 0.3) is 0 Å². The Hall–Kier alpha value is -3.71. The number of halogens is 1. The molecule has 1 fully saturated rings. The first-order valence-corrected chi connectivity index (χ1v) is 11.1. The maximum atomic E-state index is 14.7. The first kappa shape index (κ1) is 21.2. The molecule has 0 radical (unpaired) electrons. The summed E-state index contributed by atoms with van der Waals surface area (Å²) in [7, 11) is 0. The number of para-hydroxylation sites is 3. The van der Waals surface area contributed by atoms with Crippen LogP contribution < -0.4 is 10.2 Å². The minimum absolute atomic E-state index is 0.135. The van der Waals surface area contributed by atoms with Gasteiger partial charge in [-0.1, -0.05) is 30.3 Å². The van der Waals surface area contributed by atoms with E-state index in [1.165, 1.54) is 6.07 Å². The lowest BCUT2D eigenvalue weighted by Crippen LogP contribution is -2.29. The van der Waals surface area contributed by atoms with E-state index in [-0.39, 0.29) is 23.7 Å². The number of benzene rings is 2. The number of anilines is 1. The van der Waals surface area contributed by atoms with E-state index in [1.807, 2.05) is 59.7 Å². The van der Waals surface area contributed by atoms with Crippen LogP contribution in [-0.2, 0) is 0 Å². The summed E-state index contributed by atoms with van der Waals surface area (Å²) in [5, 5.41) is 14.5. The molecule has 4 aromatic rings. The number of phenolic OH excluding ortho intramolecular Hbond substituents is 1. The number of aromatic hydroxyl groups is 1. The fourth-order valence-electron chi connectivity index (χ4n) is 4.69. The molecule has 0 amide bonds. The number of nitrogens with zero attached hydrogens (tertiary/aromatic N) is 3. The average Bonchev–Trinajstić information content (AvgIpc) is 3.30. The van der Waals surface area contributed by atoms with Crippen molar-refractivity contribution in [1.29, 1.82) is 0 Å². The van der Waals surface area contributed by atoms with Crippen LogP contribution in [0.25, 0.3) is 5.69 Å². The van der Waals surface area contributed by atoms with Crippen LogP contribution in [-0.4, -0.2) is 19.8 Å². The molecule has 0 bridgehead atoms. The molecular formula is C26H23FN4OS. The molecule has 0 spiro atoms. The van der Waals surface area contributed by atoms with Crippen molar-refractivity contribution < 1.29 is 9.50 Å². The Morgan fingerprint density at radius 1 is 0.970 bits per heavy atom. The van der Waals surface area contributed by atoms with Gasteiger partial charge in [0, 0.05) is 17.6 Å². The summed E-state index contributed by atoms with van der Waals surface area (Å²) in [4.78, 5) is 6.50. The fourth-order valence-corrected chi connectivity index (χ4v) is 5.03. The Labute approximate surface area is 197 Å². The normalized spacial score (nSPS) is 17.9. The van der Waals surface area contributed by atoms with E-state index in [1.54, 1.807) is 30.5 Å². The van der Waals surface area contributed by atoms with Gasteiger partial charge in [-0.05, 0) is 74.1 Å². The number of aryl methyl sites for hydroxylation is 1. The molecule has 1 aliphatic rings. The molecule has 2 atom stereocenters. The van der Waals surface area contributed by atoms with E-state index < -0.39 is 0 Å². The van der Waals surface area contributed by atoms with Gasteiger partial charge in [0.05, 0.1) is 29.2 Å². The summed E-state index contributed by atoms with van der Waals surface area (Å²) in [5.74, 6) is -0.152. The van der Waals surface area contributed by atoms with Crippen molar-refractivity contribution in [3.63, 3.8) is 0 Å². The summed E-state index contributed by atoms with van der Waals surface area (Å²) in [6, 6.07) is 21.2. The molecule has 7 heteroatoms. The van der Waals surface area contributed by atoms with E-state index >= 15 is 0 Å². The highest BCUT2D eigenvalue weighted by Crippen LogP contribution is 2.45. The summed E-state index contributed by atoms with van der Waals surface area (Å²) in [6.07, 6.45) is 1.75. The zero-order valence-corrected chi connectivity index (χ0v) is 19.1. The van der Waals surface area contributed by atoms with Crippen molar-refractivity contribution in [2.24, 2.45) is 0 Å². The molecule has 2 N–H and O–H groups in total. The third-order valence-corrected chi connectivity index (χ3v) is 6.44. The van der Waals surface area contributed by atoms with Crippen molar-refractivity contribution in [1.82, 2.24) is 14.9 Å². The summed E-state index contributed by atoms with van der Waals surface area (Å²) in [6.45, 7) is 3.94. The van der Waals surface area contributed by atoms with E-state index in [0.29, 0.717) is 16.5 Å². The summed E-state index contributed by atoms with van der Waals surface area (Å²) < 4.78 is 16.6. The molecule has 0 aliphatic carbocycles. The third-order valence-electron chi connectivity index (χ3n) is 6.12. The molecule has 0 saturated carbocycles. The lowest BCUT2D eigenvalue weighted by Gasteiger charge is -2.28. The zero-order valence-electron chi connectivity index (χ0n) is 18.2. The molecule has 1 saturated heterocycles. The van der Waals surface area contributed by atoms with Crippen LogP contribution in [0.1, 0.15) is 34.7 Å². The number of rotatable bonds is 4. The molecule has 5 rings (SSSR count). The van der Waals surface area contributed by atoms with Gasteiger partial charge in [-0.2, -0.15) is 0 Å². The molecule has 1 aliphatic heterocycles. The van der Waals surface area contributed by atoms with Crippen LogP contribution in [0.3, 0.4) is 0 Å². The first-order valence-electron chi connectivity index (χ1n) is 10.7. The zero-order chi connectivity index (χ0) is 23.1. The largest absolute Gasteiger partial charge is 0.506 e. The van der Waals surface area contributed by atoms with Crippen LogP contribution in [0.5, 0.6) is 5.75 Å². The van der Waals surface area contributed by atoms with E-state index in [2.05, 4.69) is 16.4 Å². The highest BCUT2D eigenvalue weighted by molar-refractivity contribution is 7.80. The lowest BCUT2D eigenvalue weighted by atomic mass is 9.96. The van der Waals surface area contributed by atoms with Gasteiger partial charge in [-0.3, -0.25) is 4.98 Å². The number of pyridine rings is 1. The highest BCUT2D eigenvalue weighted by Gasteiger charge is 2.43. The molecule has 166 valence electrons. The fraction of sp³-hybridized carbons (Fsp3) is 0.154. The third kappa shape index (κ3) is 3.54. The SMILES string of the molecule is Cc1cc([C@@H]2[C@@H](c3ccccn3)NC(=S)N2c2ccccc2O)c(C)n1-c1ccccc1F. The predicted octanol–water partition coefficient (Wildman–Crippen LogP) is 5.51. The van der Waals surface area contributed by atoms with Gasteiger partial charge >= 0.3 is 0 Å². The van der Waals surface area contributed by atoms with Gasteiger partial charge in [-0.25, -0.2) is 4.39 Å². The maximum absolute atomic E-state index is 14.7. The van der Waals surface area contributed by atoms with Gasteiger partial charge in [0.15, 0.2) is 5.11 Å². The molecule has 2 aromatic heterocycles. The molecule has 33 heavy (non-hydrogen) atoms. The summed E-state index contributed by atoms with van der Waals surface area (Å²) >= 11 is 5.74. The van der Waals surface area contributed by atoms with Crippen LogP contribution in [0.2, 0.25) is 0 Å². The Kier molecular flexibility index (Phi) is 5.34. The Morgan fingerprint density at radius 3 is 2.36 bits per heavy atom. The number of aromatic nitrogens is 2. The Bertz CT molecular complexity index is 1340. The van der Waals surface area contributed by atoms with Crippen LogP contribution in [0.4, 0.5) is 10.1 Å². The van der Waals surface area contributed by atoms with Crippen LogP contribution >= 0.6 is 12.2 Å². The number of phenols is 1. The topological polar surface area (TPSA) is 53.3 Å². The van der Waals surface area contributed by atoms with Crippen molar-refractivity contribution >= 4 is 23.0 Å². The minimum atomic E-state index is -0.299. The second kappa shape index (κ2) is 8.33. The maximum Gasteiger partial charge on any atom is 0.174 e. The number of nitrogens with one attached hydrogen (secondary N) is 1. The minimum Gasteiger partial charge on any atom is -0.506 e. The standard InChI is InChI=1S/C26H23FN4OS/c1-16-15-18(17(2)30(16)21-11-4-3-9-19(21)27)25-24(20-10-7-8-14-28-20)29-26(33)31(25)22-12-5-6-13-23(22)32/h3-15,24-25,32H,1-2H3,(H,29,33)/t24-,25-/m1/s1. The number of hydrogen-bond donors (Lipinski definition) is 2. The van der Waals surface area contributed by atoms with Crippen molar-refractivity contribution in [3.8, 4) is 11.4 Å². The second-order valence-corrected chi connectivity index (χ2v) is 8.49. The van der Waals surface area contributed by atoms with Crippen LogP contribution in [0.15, 0.2) is 79.0 Å². The first-order chi connectivity index (χ1) is 16.0. The van der Waals surface area contributed by atoms with Gasteiger partial charge < -0.3 is 19.9 Å². The van der Waals surface area contributed by atoms with Gasteiger partial charge in [0.1, 0.15) is 11.6 Å². The number of thiocarbonyl (C=S) groups is 1. The lowest BCUT2D eigenvalue weighted by molar-refractivity contribution is 0.472. The molecule has 3 heterocycles. The van der Waals surface area contributed by atoms with E-state index in [9.17, 15) is 9.50 Å². The molecule has 0 unspecified atom stereocenters. The predicted molar refractivity (Wildman–Crippen MR) is 131 cm³/mol.